The number of rotatable bonds is 5. The SMILES string of the molecule is CNc1cccc(SC)c1COc1cccc(C)n1. The Kier molecular flexibility index (Phi) is 4.68. The summed E-state index contributed by atoms with van der Waals surface area (Å²) in [6.45, 7) is 2.48. The summed E-state index contributed by atoms with van der Waals surface area (Å²) in [6, 6.07) is 12.0. The number of nitrogens with zero attached hydrogens (tertiary/aromatic N) is 1. The Morgan fingerprint density at radius 2 is 2.00 bits per heavy atom. The van der Waals surface area contributed by atoms with E-state index in [1.807, 2.05) is 38.2 Å². The van der Waals surface area contributed by atoms with E-state index in [1.165, 1.54) is 10.5 Å². The molecule has 0 aliphatic carbocycles. The minimum absolute atomic E-state index is 0.518. The van der Waals surface area contributed by atoms with Gasteiger partial charge < -0.3 is 10.1 Å². The van der Waals surface area contributed by atoms with Crippen LogP contribution in [0.1, 0.15) is 11.3 Å². The summed E-state index contributed by atoms with van der Waals surface area (Å²) in [5, 5.41) is 3.20. The van der Waals surface area contributed by atoms with Gasteiger partial charge in [-0.05, 0) is 31.4 Å². The summed E-state index contributed by atoms with van der Waals surface area (Å²) in [7, 11) is 1.92. The van der Waals surface area contributed by atoms with Gasteiger partial charge in [0.15, 0.2) is 0 Å². The fourth-order valence-electron chi connectivity index (χ4n) is 1.88. The van der Waals surface area contributed by atoms with E-state index >= 15 is 0 Å². The van der Waals surface area contributed by atoms with Crippen LogP contribution in [0.3, 0.4) is 0 Å². The van der Waals surface area contributed by atoms with Gasteiger partial charge in [-0.25, -0.2) is 4.98 Å². The molecule has 1 N–H and O–H groups in total. The predicted molar refractivity (Wildman–Crippen MR) is 81.1 cm³/mol. The zero-order chi connectivity index (χ0) is 13.7. The quantitative estimate of drug-likeness (QED) is 0.842. The van der Waals surface area contributed by atoms with Gasteiger partial charge in [0.25, 0.3) is 0 Å². The van der Waals surface area contributed by atoms with Crippen molar-refractivity contribution < 1.29 is 4.74 Å². The van der Waals surface area contributed by atoms with Crippen LogP contribution in [-0.4, -0.2) is 18.3 Å². The third-order valence-electron chi connectivity index (χ3n) is 2.85. The number of anilines is 1. The molecule has 0 fully saturated rings. The molecule has 2 rings (SSSR count). The van der Waals surface area contributed by atoms with Crippen molar-refractivity contribution in [3.05, 3.63) is 47.7 Å². The molecule has 0 spiro atoms. The van der Waals surface area contributed by atoms with Gasteiger partial charge in [-0.3, -0.25) is 0 Å². The first-order chi connectivity index (χ1) is 9.24. The van der Waals surface area contributed by atoms with Crippen LogP contribution >= 0.6 is 11.8 Å². The zero-order valence-corrected chi connectivity index (χ0v) is 12.3. The maximum Gasteiger partial charge on any atom is 0.213 e. The average molecular weight is 274 g/mol. The molecule has 0 atom stereocenters. The van der Waals surface area contributed by atoms with Crippen LogP contribution in [0.15, 0.2) is 41.3 Å². The molecule has 0 bridgehead atoms. The minimum atomic E-state index is 0.518. The molecule has 1 aromatic heterocycles. The second-order valence-corrected chi connectivity index (χ2v) is 4.99. The van der Waals surface area contributed by atoms with Gasteiger partial charge in [0, 0.05) is 35.0 Å². The van der Waals surface area contributed by atoms with E-state index < -0.39 is 0 Å². The Hall–Kier alpha value is -1.68. The van der Waals surface area contributed by atoms with E-state index in [0.717, 1.165) is 11.4 Å². The van der Waals surface area contributed by atoms with Gasteiger partial charge in [-0.15, -0.1) is 11.8 Å². The number of thioether (sulfide) groups is 1. The van der Waals surface area contributed by atoms with E-state index in [1.54, 1.807) is 11.8 Å². The first kappa shape index (κ1) is 13.7. The highest BCUT2D eigenvalue weighted by Crippen LogP contribution is 2.28. The average Bonchev–Trinajstić information content (AvgIpc) is 2.44. The topological polar surface area (TPSA) is 34.1 Å². The molecular formula is C15H18N2OS. The van der Waals surface area contributed by atoms with Crippen LogP contribution in [0, 0.1) is 6.92 Å². The summed E-state index contributed by atoms with van der Waals surface area (Å²) in [6.07, 6.45) is 2.07. The lowest BCUT2D eigenvalue weighted by atomic mass is 10.2. The van der Waals surface area contributed by atoms with Crippen molar-refractivity contribution in [2.75, 3.05) is 18.6 Å². The van der Waals surface area contributed by atoms with Crippen molar-refractivity contribution in [2.24, 2.45) is 0 Å². The molecule has 0 amide bonds. The van der Waals surface area contributed by atoms with E-state index in [4.69, 9.17) is 4.74 Å². The molecule has 19 heavy (non-hydrogen) atoms. The lowest BCUT2D eigenvalue weighted by Gasteiger charge is -2.14. The summed E-state index contributed by atoms with van der Waals surface area (Å²) in [4.78, 5) is 5.57. The molecule has 0 aliphatic heterocycles. The third kappa shape index (κ3) is 3.41. The molecule has 100 valence electrons. The number of hydrogen-bond acceptors (Lipinski definition) is 4. The number of aromatic nitrogens is 1. The monoisotopic (exact) mass is 274 g/mol. The van der Waals surface area contributed by atoms with Crippen molar-refractivity contribution >= 4 is 17.4 Å². The largest absolute Gasteiger partial charge is 0.473 e. The van der Waals surface area contributed by atoms with Gasteiger partial charge in [-0.2, -0.15) is 0 Å². The Bertz CT molecular complexity index is 535. The van der Waals surface area contributed by atoms with Crippen molar-refractivity contribution in [2.45, 2.75) is 18.4 Å². The number of hydrogen-bond donors (Lipinski definition) is 1. The van der Waals surface area contributed by atoms with E-state index in [0.29, 0.717) is 12.5 Å². The Balaban J connectivity index is 2.19. The lowest BCUT2D eigenvalue weighted by Crippen LogP contribution is -2.03. The highest BCUT2D eigenvalue weighted by atomic mass is 32.2. The summed E-state index contributed by atoms with van der Waals surface area (Å²) >= 11 is 1.72. The number of benzene rings is 1. The highest BCUT2D eigenvalue weighted by molar-refractivity contribution is 7.98. The smallest absolute Gasteiger partial charge is 0.213 e. The standard InChI is InChI=1S/C15H18N2OS/c1-11-6-4-9-15(17-11)18-10-12-13(16-2)7-5-8-14(12)19-3/h4-9,16H,10H2,1-3H3. The maximum absolute atomic E-state index is 5.79. The lowest BCUT2D eigenvalue weighted by molar-refractivity contribution is 0.291. The maximum atomic E-state index is 5.79. The number of aryl methyl sites for hydroxylation is 1. The minimum Gasteiger partial charge on any atom is -0.473 e. The molecular weight excluding hydrogens is 256 g/mol. The molecule has 3 nitrogen and oxygen atoms in total. The zero-order valence-electron chi connectivity index (χ0n) is 11.4. The Morgan fingerprint density at radius 3 is 2.68 bits per heavy atom. The Morgan fingerprint density at radius 1 is 1.21 bits per heavy atom. The highest BCUT2D eigenvalue weighted by Gasteiger charge is 2.08. The van der Waals surface area contributed by atoms with Gasteiger partial charge in [0.2, 0.25) is 5.88 Å². The van der Waals surface area contributed by atoms with Crippen LogP contribution in [-0.2, 0) is 6.61 Å². The number of ether oxygens (including phenoxy) is 1. The predicted octanol–water partition coefficient (Wildman–Crippen LogP) is 3.73. The molecule has 4 heteroatoms. The number of nitrogens with one attached hydrogen (secondary N) is 1. The van der Waals surface area contributed by atoms with Gasteiger partial charge >= 0.3 is 0 Å². The van der Waals surface area contributed by atoms with Crippen LogP contribution in [0.25, 0.3) is 0 Å². The van der Waals surface area contributed by atoms with Crippen LogP contribution in [0.2, 0.25) is 0 Å². The summed E-state index contributed by atoms with van der Waals surface area (Å²) in [5.74, 6) is 0.665. The van der Waals surface area contributed by atoms with E-state index in [-0.39, 0.29) is 0 Å². The van der Waals surface area contributed by atoms with E-state index in [9.17, 15) is 0 Å². The third-order valence-corrected chi connectivity index (χ3v) is 3.67. The first-order valence-electron chi connectivity index (χ1n) is 6.14. The van der Waals surface area contributed by atoms with Crippen LogP contribution in [0.5, 0.6) is 5.88 Å². The molecule has 0 unspecified atom stereocenters. The van der Waals surface area contributed by atoms with E-state index in [2.05, 4.69) is 28.7 Å². The van der Waals surface area contributed by atoms with Gasteiger partial charge in [0.05, 0.1) is 0 Å². The fraction of sp³-hybridized carbons (Fsp3) is 0.267. The second kappa shape index (κ2) is 6.48. The molecule has 0 aliphatic rings. The fourth-order valence-corrected chi connectivity index (χ4v) is 2.51. The van der Waals surface area contributed by atoms with Gasteiger partial charge in [0.1, 0.15) is 6.61 Å². The molecule has 1 heterocycles. The second-order valence-electron chi connectivity index (χ2n) is 4.14. The van der Waals surface area contributed by atoms with Crippen molar-refractivity contribution in [1.29, 1.82) is 0 Å². The molecule has 2 aromatic rings. The van der Waals surface area contributed by atoms with Crippen LogP contribution in [0.4, 0.5) is 5.69 Å². The van der Waals surface area contributed by atoms with Crippen molar-refractivity contribution in [3.8, 4) is 5.88 Å². The van der Waals surface area contributed by atoms with Gasteiger partial charge in [-0.1, -0.05) is 12.1 Å². The van der Waals surface area contributed by atoms with Crippen LogP contribution < -0.4 is 10.1 Å². The normalized spacial score (nSPS) is 10.3. The number of pyridine rings is 1. The molecule has 1 aromatic carbocycles. The molecule has 0 radical (unpaired) electrons. The molecule has 0 saturated carbocycles. The summed E-state index contributed by atoms with van der Waals surface area (Å²) in [5.41, 5.74) is 3.23. The first-order valence-corrected chi connectivity index (χ1v) is 7.37. The molecule has 0 saturated heterocycles. The van der Waals surface area contributed by atoms with Crippen molar-refractivity contribution in [1.82, 2.24) is 4.98 Å². The Labute approximate surface area is 118 Å². The summed E-state index contributed by atoms with van der Waals surface area (Å²) < 4.78 is 5.79. The van der Waals surface area contributed by atoms with Crippen molar-refractivity contribution in [3.63, 3.8) is 0 Å².